The Morgan fingerprint density at radius 2 is 2.00 bits per heavy atom. The van der Waals surface area contributed by atoms with Gasteiger partial charge < -0.3 is 15.0 Å². The van der Waals surface area contributed by atoms with Crippen LogP contribution in [0.4, 0.5) is 10.9 Å². The van der Waals surface area contributed by atoms with Crippen LogP contribution in [0.2, 0.25) is 0 Å². The summed E-state index contributed by atoms with van der Waals surface area (Å²) in [5.41, 5.74) is 3.08. The third-order valence-electron chi connectivity index (χ3n) is 4.55. The van der Waals surface area contributed by atoms with Gasteiger partial charge in [0.25, 0.3) is 5.91 Å². The summed E-state index contributed by atoms with van der Waals surface area (Å²) in [6.45, 7) is 4.31. The van der Waals surface area contributed by atoms with Crippen LogP contribution in [0.25, 0.3) is 0 Å². The van der Waals surface area contributed by atoms with E-state index in [-0.39, 0.29) is 16.6 Å². The number of aromatic nitrogens is 3. The molecule has 2 aromatic heterocycles. The molecular formula is C21H24N6O3S2. The number of amides is 1. The molecule has 0 atom stereocenters. The molecule has 0 saturated carbocycles. The molecule has 11 heteroatoms. The van der Waals surface area contributed by atoms with Crippen LogP contribution in [0.3, 0.4) is 0 Å². The van der Waals surface area contributed by atoms with Gasteiger partial charge in [0, 0.05) is 14.1 Å². The molecule has 0 aliphatic heterocycles. The molecule has 2 N–H and O–H groups in total. The first kappa shape index (κ1) is 23.4. The minimum atomic E-state index is -0.553. The number of nitrogens with one attached hydrogen (secondary N) is 2. The first-order chi connectivity index (χ1) is 15.2. The number of carbonyl (C=O) groups is 2. The molecule has 0 spiro atoms. The maximum absolute atomic E-state index is 12.5. The summed E-state index contributed by atoms with van der Waals surface area (Å²) >= 11 is 6.51. The molecule has 0 bridgehead atoms. The molecule has 0 fully saturated rings. The van der Waals surface area contributed by atoms with Crippen molar-refractivity contribution in [2.24, 2.45) is 0 Å². The molecule has 9 nitrogen and oxygen atoms in total. The molecule has 1 amide bonds. The number of anilines is 2. The van der Waals surface area contributed by atoms with Crippen LogP contribution in [-0.2, 0) is 11.3 Å². The fraction of sp³-hybridized carbons (Fsp3) is 0.286. The van der Waals surface area contributed by atoms with Gasteiger partial charge >= 0.3 is 5.97 Å². The van der Waals surface area contributed by atoms with E-state index >= 15 is 0 Å². The lowest BCUT2D eigenvalue weighted by atomic mass is 10.1. The number of rotatable bonds is 6. The zero-order valence-electron chi connectivity index (χ0n) is 18.4. The van der Waals surface area contributed by atoms with Crippen molar-refractivity contribution in [2.45, 2.75) is 20.4 Å². The molecule has 3 rings (SSSR count). The first-order valence-corrected chi connectivity index (χ1v) is 10.9. The Kier molecular flexibility index (Phi) is 7.21. The smallest absolute Gasteiger partial charge is 0.341 e. The summed E-state index contributed by atoms with van der Waals surface area (Å²) in [6, 6.07) is 8.14. The van der Waals surface area contributed by atoms with E-state index < -0.39 is 5.97 Å². The Morgan fingerprint density at radius 3 is 2.66 bits per heavy atom. The fourth-order valence-corrected chi connectivity index (χ4v) is 4.50. The molecule has 0 saturated heterocycles. The number of methoxy groups -OCH3 is 1. The number of hydrogen-bond donors (Lipinski definition) is 2. The highest BCUT2D eigenvalue weighted by atomic mass is 32.1. The van der Waals surface area contributed by atoms with E-state index in [1.807, 2.05) is 25.1 Å². The molecule has 0 aliphatic rings. The molecule has 2 heterocycles. The number of benzene rings is 1. The van der Waals surface area contributed by atoms with Crippen LogP contribution < -0.4 is 10.6 Å². The highest BCUT2D eigenvalue weighted by Gasteiger charge is 2.26. The van der Waals surface area contributed by atoms with Crippen LogP contribution >= 0.6 is 23.6 Å². The average Bonchev–Trinajstić information content (AvgIpc) is 3.30. The van der Waals surface area contributed by atoms with Crippen molar-refractivity contribution in [3.8, 4) is 0 Å². The second-order valence-corrected chi connectivity index (χ2v) is 8.71. The van der Waals surface area contributed by atoms with Crippen LogP contribution in [0.1, 0.15) is 36.7 Å². The Hall–Kier alpha value is -3.31. The molecule has 3 aromatic rings. The van der Waals surface area contributed by atoms with Crippen LogP contribution in [0.15, 0.2) is 30.6 Å². The second-order valence-electron chi connectivity index (χ2n) is 7.29. The van der Waals surface area contributed by atoms with Gasteiger partial charge in [-0.05, 0) is 37.2 Å². The average molecular weight is 473 g/mol. The highest BCUT2D eigenvalue weighted by molar-refractivity contribution is 7.80. The van der Waals surface area contributed by atoms with Crippen LogP contribution in [0, 0.1) is 13.8 Å². The largest absolute Gasteiger partial charge is 0.465 e. The van der Waals surface area contributed by atoms with Gasteiger partial charge in [-0.3, -0.25) is 10.1 Å². The third kappa shape index (κ3) is 5.29. The minimum Gasteiger partial charge on any atom is -0.465 e. The molecule has 0 aliphatic carbocycles. The van der Waals surface area contributed by atoms with E-state index in [0.717, 1.165) is 16.9 Å². The van der Waals surface area contributed by atoms with Crippen LogP contribution in [0.5, 0.6) is 0 Å². The Bertz CT molecular complexity index is 1170. The number of carbonyl (C=O) groups excluding carboxylic acids is 2. The zero-order chi connectivity index (χ0) is 23.4. The Labute approximate surface area is 195 Å². The lowest BCUT2D eigenvalue weighted by Crippen LogP contribution is -2.21. The summed E-state index contributed by atoms with van der Waals surface area (Å²) in [5, 5.41) is 10.9. The van der Waals surface area contributed by atoms with E-state index in [2.05, 4.69) is 26.8 Å². The van der Waals surface area contributed by atoms with Gasteiger partial charge in [-0.2, -0.15) is 0 Å². The van der Waals surface area contributed by atoms with Gasteiger partial charge in [0.15, 0.2) is 5.11 Å². The molecule has 1 aromatic carbocycles. The van der Waals surface area contributed by atoms with E-state index in [1.165, 1.54) is 17.6 Å². The summed E-state index contributed by atoms with van der Waals surface area (Å²) in [5.74, 6) is -0.448. The topological polar surface area (TPSA) is 101 Å². The van der Waals surface area contributed by atoms with Gasteiger partial charge in [0.1, 0.15) is 11.3 Å². The second kappa shape index (κ2) is 9.88. The lowest BCUT2D eigenvalue weighted by molar-refractivity contribution is 0.0601. The van der Waals surface area contributed by atoms with Crippen LogP contribution in [-0.4, -0.2) is 57.9 Å². The Morgan fingerprint density at radius 1 is 1.25 bits per heavy atom. The molecule has 32 heavy (non-hydrogen) atoms. The number of nitrogens with zero attached hydrogens (tertiary/aromatic N) is 4. The SMILES string of the molecule is COC(=O)c1c(NC(=S)Nc2ncn(Cc3cccc(C)c3)n2)sc(C(=O)N(C)C)c1C. The molecule has 0 radical (unpaired) electrons. The quantitative estimate of drug-likeness (QED) is 0.416. The summed E-state index contributed by atoms with van der Waals surface area (Å²) < 4.78 is 6.59. The van der Waals surface area contributed by atoms with E-state index in [1.54, 1.807) is 32.0 Å². The van der Waals surface area contributed by atoms with Gasteiger partial charge in [-0.25, -0.2) is 14.5 Å². The monoisotopic (exact) mass is 472 g/mol. The van der Waals surface area contributed by atoms with Crippen molar-refractivity contribution in [3.63, 3.8) is 0 Å². The number of thiocarbonyl (C=S) groups is 1. The van der Waals surface area contributed by atoms with Gasteiger partial charge in [0.2, 0.25) is 5.95 Å². The normalized spacial score (nSPS) is 10.5. The first-order valence-electron chi connectivity index (χ1n) is 9.66. The van der Waals surface area contributed by atoms with Gasteiger partial charge in [-0.1, -0.05) is 29.8 Å². The molecular weight excluding hydrogens is 448 g/mol. The maximum Gasteiger partial charge on any atom is 0.341 e. The summed E-state index contributed by atoms with van der Waals surface area (Å²) in [7, 11) is 4.59. The predicted molar refractivity (Wildman–Crippen MR) is 129 cm³/mol. The fourth-order valence-electron chi connectivity index (χ4n) is 3.02. The van der Waals surface area contributed by atoms with Crippen molar-refractivity contribution in [2.75, 3.05) is 31.8 Å². The highest BCUT2D eigenvalue weighted by Crippen LogP contribution is 2.34. The number of thiophene rings is 1. The number of esters is 1. The van der Waals surface area contributed by atoms with Gasteiger partial charge in [-0.15, -0.1) is 16.4 Å². The predicted octanol–water partition coefficient (Wildman–Crippen LogP) is 3.30. The Balaban J connectivity index is 1.75. The van der Waals surface area contributed by atoms with E-state index in [4.69, 9.17) is 17.0 Å². The van der Waals surface area contributed by atoms with Gasteiger partial charge in [0.05, 0.1) is 24.1 Å². The van der Waals surface area contributed by atoms with Crippen molar-refractivity contribution in [1.82, 2.24) is 19.7 Å². The summed E-state index contributed by atoms with van der Waals surface area (Å²) in [4.78, 5) is 30.9. The van der Waals surface area contributed by atoms with Crippen molar-refractivity contribution >= 4 is 51.5 Å². The number of hydrogen-bond acceptors (Lipinski definition) is 7. The standard InChI is InChI=1S/C21H24N6O3S2/c1-12-7-6-8-14(9-12)10-27-11-22-20(25-27)24-21(31)23-17-15(19(29)30-5)13(2)16(32-17)18(28)26(3)4/h6-9,11H,10H2,1-5H3,(H2,23,24,25,31). The summed E-state index contributed by atoms with van der Waals surface area (Å²) in [6.07, 6.45) is 1.61. The number of aryl methyl sites for hydroxylation is 1. The van der Waals surface area contributed by atoms with E-state index in [0.29, 0.717) is 27.9 Å². The molecule has 168 valence electrons. The molecule has 0 unspecified atom stereocenters. The minimum absolute atomic E-state index is 0.188. The zero-order valence-corrected chi connectivity index (χ0v) is 20.1. The van der Waals surface area contributed by atoms with E-state index in [9.17, 15) is 9.59 Å². The third-order valence-corrected chi connectivity index (χ3v) is 5.95. The lowest BCUT2D eigenvalue weighted by Gasteiger charge is -2.08. The van der Waals surface area contributed by atoms with Crippen molar-refractivity contribution in [1.29, 1.82) is 0 Å². The van der Waals surface area contributed by atoms with Crippen molar-refractivity contribution in [3.05, 3.63) is 57.7 Å². The maximum atomic E-state index is 12.5. The van der Waals surface area contributed by atoms with Crippen molar-refractivity contribution < 1.29 is 14.3 Å². The number of ether oxygens (including phenoxy) is 1.